The molecule has 0 atom stereocenters. The van der Waals surface area contributed by atoms with Gasteiger partial charge in [0.05, 0.1) is 4.90 Å². The number of rotatable bonds is 3. The Kier molecular flexibility index (Phi) is 4.08. The molecule has 1 aliphatic heterocycles. The molecule has 5 heteroatoms. The molecule has 0 aliphatic carbocycles. The molecule has 19 heavy (non-hydrogen) atoms. The monoisotopic (exact) mass is 280 g/mol. The normalized spacial score (nSPS) is 17.3. The third-order valence-corrected chi connectivity index (χ3v) is 5.39. The zero-order valence-corrected chi connectivity index (χ0v) is 12.2. The van der Waals surface area contributed by atoms with Gasteiger partial charge in [0.1, 0.15) is 0 Å². The summed E-state index contributed by atoms with van der Waals surface area (Å²) in [6, 6.07) is 5.38. The van der Waals surface area contributed by atoms with Crippen molar-refractivity contribution < 1.29 is 8.42 Å². The Bertz CT molecular complexity index is 606. The number of nitrogens with two attached hydrogens (primary N) is 1. The Balaban J connectivity index is 2.42. The summed E-state index contributed by atoms with van der Waals surface area (Å²) in [5, 5.41) is 0. The van der Waals surface area contributed by atoms with Crippen LogP contribution in [0.25, 0.3) is 0 Å². The van der Waals surface area contributed by atoms with Crippen LogP contribution in [0.1, 0.15) is 24.5 Å². The maximum atomic E-state index is 12.7. The fourth-order valence-corrected chi connectivity index (χ4v) is 4.04. The van der Waals surface area contributed by atoms with E-state index in [1.165, 1.54) is 0 Å². The van der Waals surface area contributed by atoms with Crippen molar-refractivity contribution in [1.29, 1.82) is 0 Å². The Hall–Kier alpha value is -1.17. The SMILES string of the molecule is CC1=CCCN(S(=O)(=O)c2cc(CN)ccc2C)C1. The van der Waals surface area contributed by atoms with Gasteiger partial charge in [0.15, 0.2) is 0 Å². The largest absolute Gasteiger partial charge is 0.326 e. The second-order valence-electron chi connectivity index (χ2n) is 4.98. The Morgan fingerprint density at radius 2 is 2.05 bits per heavy atom. The molecule has 1 aromatic carbocycles. The molecule has 0 saturated carbocycles. The summed E-state index contributed by atoms with van der Waals surface area (Å²) in [6.07, 6.45) is 2.87. The molecule has 0 aromatic heterocycles. The highest BCUT2D eigenvalue weighted by atomic mass is 32.2. The van der Waals surface area contributed by atoms with E-state index in [-0.39, 0.29) is 0 Å². The molecule has 0 bridgehead atoms. The Morgan fingerprint density at radius 1 is 1.32 bits per heavy atom. The van der Waals surface area contributed by atoms with E-state index in [4.69, 9.17) is 5.73 Å². The maximum absolute atomic E-state index is 12.7. The first-order valence-electron chi connectivity index (χ1n) is 6.40. The number of benzene rings is 1. The van der Waals surface area contributed by atoms with Gasteiger partial charge in [-0.1, -0.05) is 23.8 Å². The molecule has 0 amide bonds. The van der Waals surface area contributed by atoms with Crippen LogP contribution in [0.15, 0.2) is 34.7 Å². The van der Waals surface area contributed by atoms with Crippen LogP contribution in [0.3, 0.4) is 0 Å². The highest BCUT2D eigenvalue weighted by Crippen LogP contribution is 2.24. The first-order chi connectivity index (χ1) is 8.95. The topological polar surface area (TPSA) is 63.4 Å². The van der Waals surface area contributed by atoms with Gasteiger partial charge in [-0.25, -0.2) is 8.42 Å². The van der Waals surface area contributed by atoms with Crippen molar-refractivity contribution in [3.63, 3.8) is 0 Å². The average Bonchev–Trinajstić information content (AvgIpc) is 2.39. The molecule has 0 unspecified atom stereocenters. The molecular formula is C14H20N2O2S. The van der Waals surface area contributed by atoms with Gasteiger partial charge < -0.3 is 5.73 Å². The number of hydrogen-bond acceptors (Lipinski definition) is 3. The van der Waals surface area contributed by atoms with Crippen molar-refractivity contribution in [2.75, 3.05) is 13.1 Å². The molecule has 0 radical (unpaired) electrons. The Morgan fingerprint density at radius 3 is 2.68 bits per heavy atom. The van der Waals surface area contributed by atoms with E-state index in [2.05, 4.69) is 6.08 Å². The summed E-state index contributed by atoms with van der Waals surface area (Å²) in [5.41, 5.74) is 8.30. The van der Waals surface area contributed by atoms with Gasteiger partial charge >= 0.3 is 0 Å². The smallest absolute Gasteiger partial charge is 0.243 e. The molecule has 1 aliphatic rings. The van der Waals surface area contributed by atoms with E-state index in [0.717, 1.165) is 23.1 Å². The molecule has 0 spiro atoms. The van der Waals surface area contributed by atoms with Gasteiger partial charge in [-0.05, 0) is 37.5 Å². The molecule has 1 heterocycles. The number of sulfonamides is 1. The van der Waals surface area contributed by atoms with Crippen LogP contribution in [-0.2, 0) is 16.6 Å². The molecule has 1 aromatic rings. The molecule has 4 nitrogen and oxygen atoms in total. The summed E-state index contributed by atoms with van der Waals surface area (Å²) in [6.45, 7) is 5.16. The van der Waals surface area contributed by atoms with Crippen LogP contribution in [-0.4, -0.2) is 25.8 Å². The summed E-state index contributed by atoms with van der Waals surface area (Å²) < 4.78 is 26.9. The summed E-state index contributed by atoms with van der Waals surface area (Å²) in [5.74, 6) is 0. The average molecular weight is 280 g/mol. The van der Waals surface area contributed by atoms with E-state index in [9.17, 15) is 8.42 Å². The predicted molar refractivity (Wildman–Crippen MR) is 76.2 cm³/mol. The van der Waals surface area contributed by atoms with Crippen LogP contribution in [0.5, 0.6) is 0 Å². The van der Waals surface area contributed by atoms with Gasteiger partial charge in [0, 0.05) is 19.6 Å². The second kappa shape index (κ2) is 5.45. The third-order valence-electron chi connectivity index (χ3n) is 3.40. The predicted octanol–water partition coefficient (Wildman–Crippen LogP) is 1.79. The van der Waals surface area contributed by atoms with E-state index in [1.807, 2.05) is 26.0 Å². The van der Waals surface area contributed by atoms with Crippen molar-refractivity contribution in [2.24, 2.45) is 5.73 Å². The van der Waals surface area contributed by atoms with Gasteiger partial charge in [-0.3, -0.25) is 0 Å². The lowest BCUT2D eigenvalue weighted by molar-refractivity contribution is 0.427. The van der Waals surface area contributed by atoms with E-state index >= 15 is 0 Å². The van der Waals surface area contributed by atoms with Crippen LogP contribution in [0, 0.1) is 6.92 Å². The molecule has 2 rings (SSSR count). The number of aryl methyl sites for hydroxylation is 1. The number of hydrogen-bond donors (Lipinski definition) is 1. The van der Waals surface area contributed by atoms with Crippen LogP contribution < -0.4 is 5.73 Å². The molecule has 0 fully saturated rings. The summed E-state index contributed by atoms with van der Waals surface area (Å²) >= 11 is 0. The van der Waals surface area contributed by atoms with Crippen molar-refractivity contribution in [3.05, 3.63) is 41.0 Å². The lowest BCUT2D eigenvalue weighted by Gasteiger charge is -2.26. The quantitative estimate of drug-likeness (QED) is 0.859. The van der Waals surface area contributed by atoms with Gasteiger partial charge in [0.25, 0.3) is 0 Å². The number of nitrogens with zero attached hydrogens (tertiary/aromatic N) is 1. The third kappa shape index (κ3) is 2.88. The van der Waals surface area contributed by atoms with Gasteiger partial charge in [-0.15, -0.1) is 0 Å². The van der Waals surface area contributed by atoms with E-state index in [0.29, 0.717) is 24.5 Å². The fourth-order valence-electron chi connectivity index (χ4n) is 2.27. The first-order valence-corrected chi connectivity index (χ1v) is 7.84. The minimum absolute atomic E-state index is 0.349. The minimum atomic E-state index is -3.42. The lowest BCUT2D eigenvalue weighted by atomic mass is 10.1. The van der Waals surface area contributed by atoms with E-state index < -0.39 is 10.0 Å². The first kappa shape index (κ1) is 14.2. The van der Waals surface area contributed by atoms with Crippen LogP contribution in [0.4, 0.5) is 0 Å². The zero-order valence-electron chi connectivity index (χ0n) is 11.4. The van der Waals surface area contributed by atoms with Gasteiger partial charge in [0.2, 0.25) is 10.0 Å². The Labute approximate surface area is 115 Å². The van der Waals surface area contributed by atoms with Gasteiger partial charge in [-0.2, -0.15) is 4.31 Å². The van der Waals surface area contributed by atoms with Crippen LogP contribution >= 0.6 is 0 Å². The minimum Gasteiger partial charge on any atom is -0.326 e. The highest BCUT2D eigenvalue weighted by molar-refractivity contribution is 7.89. The molecular weight excluding hydrogens is 260 g/mol. The standard InChI is InChI=1S/C14H20N2O2S/c1-11-4-3-7-16(10-11)19(17,18)14-8-13(9-15)6-5-12(14)2/h4-6,8H,3,7,9-10,15H2,1-2H3. The summed E-state index contributed by atoms with van der Waals surface area (Å²) in [7, 11) is -3.42. The van der Waals surface area contributed by atoms with E-state index in [1.54, 1.807) is 10.4 Å². The molecule has 104 valence electrons. The lowest BCUT2D eigenvalue weighted by Crippen LogP contribution is -2.35. The van der Waals surface area contributed by atoms with Crippen molar-refractivity contribution >= 4 is 10.0 Å². The fraction of sp³-hybridized carbons (Fsp3) is 0.429. The van der Waals surface area contributed by atoms with Crippen molar-refractivity contribution in [3.8, 4) is 0 Å². The summed E-state index contributed by atoms with van der Waals surface area (Å²) in [4.78, 5) is 0.380. The molecule has 0 saturated heterocycles. The van der Waals surface area contributed by atoms with Crippen LogP contribution in [0.2, 0.25) is 0 Å². The highest BCUT2D eigenvalue weighted by Gasteiger charge is 2.27. The zero-order chi connectivity index (χ0) is 14.0. The van der Waals surface area contributed by atoms with Crippen molar-refractivity contribution in [1.82, 2.24) is 4.31 Å². The second-order valence-corrected chi connectivity index (χ2v) is 6.89. The maximum Gasteiger partial charge on any atom is 0.243 e. The van der Waals surface area contributed by atoms with Crippen molar-refractivity contribution in [2.45, 2.75) is 31.7 Å². The molecule has 2 N–H and O–H groups in total.